The zero-order valence-electron chi connectivity index (χ0n) is 14.0. The number of hydrogen-bond donors (Lipinski definition) is 0. The van der Waals surface area contributed by atoms with Crippen molar-refractivity contribution in [1.82, 2.24) is 0 Å². The average molecular weight is 401 g/mol. The molecule has 1 nitrogen and oxygen atoms in total. The predicted octanol–water partition coefficient (Wildman–Crippen LogP) is 0.977. The Balaban J connectivity index is 0.00000208. The van der Waals surface area contributed by atoms with Gasteiger partial charge in [0.05, 0.1) is 0 Å². The molecule has 1 atom stereocenters. The third kappa shape index (κ3) is 3.32. The van der Waals surface area contributed by atoms with Crippen molar-refractivity contribution in [2.75, 3.05) is 7.11 Å². The summed E-state index contributed by atoms with van der Waals surface area (Å²) >= 11 is 0. The monoisotopic (exact) mass is 400 g/mol. The molecule has 0 radical (unpaired) electrons. The van der Waals surface area contributed by atoms with Crippen LogP contribution in [0, 0.1) is 0 Å². The van der Waals surface area contributed by atoms with Crippen LogP contribution in [0.25, 0.3) is 0 Å². The fraction of sp³-hybridized carbons (Fsp3) is 0.143. The molecule has 0 aliphatic heterocycles. The molecule has 3 aromatic rings. The minimum absolute atomic E-state index is 0. The molecule has 0 fully saturated rings. The van der Waals surface area contributed by atoms with Crippen molar-refractivity contribution < 1.29 is 21.7 Å². The minimum Gasteiger partial charge on any atom is -1.00 e. The fourth-order valence-corrected chi connectivity index (χ4v) is 7.62. The van der Waals surface area contributed by atoms with Gasteiger partial charge in [-0.2, -0.15) is 0 Å². The van der Waals surface area contributed by atoms with Crippen molar-refractivity contribution in [2.45, 2.75) is 12.8 Å². The van der Waals surface area contributed by atoms with Gasteiger partial charge in [0.2, 0.25) is 0 Å². The molecular formula is C21H22BrOP. The van der Waals surface area contributed by atoms with Crippen LogP contribution in [0.1, 0.15) is 6.92 Å². The van der Waals surface area contributed by atoms with E-state index in [1.54, 1.807) is 0 Å². The van der Waals surface area contributed by atoms with Crippen molar-refractivity contribution in [3.63, 3.8) is 0 Å². The highest BCUT2D eigenvalue weighted by Gasteiger charge is 2.50. The van der Waals surface area contributed by atoms with Gasteiger partial charge < -0.3 is 21.7 Å². The van der Waals surface area contributed by atoms with Gasteiger partial charge >= 0.3 is 0 Å². The van der Waals surface area contributed by atoms with Crippen molar-refractivity contribution in [3.8, 4) is 0 Å². The first-order valence-electron chi connectivity index (χ1n) is 7.88. The SMILES string of the molecule is COC(C)[P+](c1ccccc1)(c1ccccc1)c1ccccc1.[Br-]. The Hall–Kier alpha value is -1.47. The van der Waals surface area contributed by atoms with Gasteiger partial charge in [0, 0.05) is 7.11 Å². The van der Waals surface area contributed by atoms with E-state index >= 15 is 0 Å². The van der Waals surface area contributed by atoms with Crippen LogP contribution >= 0.6 is 7.26 Å². The maximum absolute atomic E-state index is 5.93. The van der Waals surface area contributed by atoms with Gasteiger partial charge in [-0.15, -0.1) is 0 Å². The summed E-state index contributed by atoms with van der Waals surface area (Å²) in [6.45, 7) is 2.20. The van der Waals surface area contributed by atoms with E-state index in [9.17, 15) is 0 Å². The molecule has 1 unspecified atom stereocenters. The number of rotatable bonds is 5. The highest BCUT2D eigenvalue weighted by Crippen LogP contribution is 2.59. The fourth-order valence-electron chi connectivity index (χ4n) is 3.22. The maximum atomic E-state index is 5.93. The van der Waals surface area contributed by atoms with Crippen molar-refractivity contribution in [1.29, 1.82) is 0 Å². The number of hydrogen-bond acceptors (Lipinski definition) is 1. The van der Waals surface area contributed by atoms with E-state index in [0.717, 1.165) is 0 Å². The van der Waals surface area contributed by atoms with Gasteiger partial charge in [-0.05, 0) is 43.3 Å². The van der Waals surface area contributed by atoms with E-state index in [-0.39, 0.29) is 22.8 Å². The van der Waals surface area contributed by atoms with Crippen LogP contribution in [0.3, 0.4) is 0 Å². The maximum Gasteiger partial charge on any atom is 0.178 e. The summed E-state index contributed by atoms with van der Waals surface area (Å²) in [4.78, 5) is 0. The molecule has 0 saturated heterocycles. The third-order valence-electron chi connectivity index (χ3n) is 4.38. The second kappa shape index (κ2) is 8.58. The van der Waals surface area contributed by atoms with E-state index in [2.05, 4.69) is 97.9 Å². The number of benzene rings is 3. The lowest BCUT2D eigenvalue weighted by Crippen LogP contribution is -3.00. The first kappa shape index (κ1) is 18.9. The van der Waals surface area contributed by atoms with Gasteiger partial charge in [-0.1, -0.05) is 54.6 Å². The lowest BCUT2D eigenvalue weighted by atomic mass is 10.4. The molecule has 0 bridgehead atoms. The Morgan fingerprint density at radius 2 is 0.917 bits per heavy atom. The summed E-state index contributed by atoms with van der Waals surface area (Å²) in [7, 11) is -0.0528. The van der Waals surface area contributed by atoms with Crippen LogP contribution < -0.4 is 32.9 Å². The van der Waals surface area contributed by atoms with Crippen molar-refractivity contribution in [2.24, 2.45) is 0 Å². The summed E-state index contributed by atoms with van der Waals surface area (Å²) in [5.41, 5.74) is 0. The summed E-state index contributed by atoms with van der Waals surface area (Å²) < 4.78 is 5.93. The lowest BCUT2D eigenvalue weighted by Gasteiger charge is -2.31. The van der Waals surface area contributed by atoms with E-state index in [4.69, 9.17) is 4.74 Å². The second-order valence-corrected chi connectivity index (χ2v) is 9.29. The summed E-state index contributed by atoms with van der Waals surface area (Å²) in [6, 6.07) is 32.4. The van der Waals surface area contributed by atoms with Crippen LogP contribution in [0.4, 0.5) is 0 Å². The second-order valence-electron chi connectivity index (χ2n) is 5.56. The Labute approximate surface area is 155 Å². The molecule has 3 heteroatoms. The smallest absolute Gasteiger partial charge is 0.178 e. The third-order valence-corrected chi connectivity index (χ3v) is 9.02. The first-order chi connectivity index (χ1) is 11.3. The topological polar surface area (TPSA) is 9.23 Å². The standard InChI is InChI=1S/C21H22OP.BrH/c1-18(22-2)23(19-12-6-3-7-13-19,20-14-8-4-9-15-20)21-16-10-5-11-17-21;/h3-18H,1-2H3;1H/q+1;/p-1. The number of methoxy groups -OCH3 is 1. The van der Waals surface area contributed by atoms with Crippen molar-refractivity contribution >= 4 is 23.2 Å². The van der Waals surface area contributed by atoms with E-state index in [1.165, 1.54) is 15.9 Å². The molecule has 0 aromatic heterocycles. The Kier molecular flexibility index (Phi) is 6.74. The van der Waals surface area contributed by atoms with E-state index < -0.39 is 7.26 Å². The molecule has 24 heavy (non-hydrogen) atoms. The molecule has 0 aliphatic carbocycles. The van der Waals surface area contributed by atoms with Crippen LogP contribution in [-0.2, 0) is 4.74 Å². The highest BCUT2D eigenvalue weighted by molar-refractivity contribution is 7.96. The van der Waals surface area contributed by atoms with Gasteiger partial charge in [-0.3, -0.25) is 0 Å². The normalized spacial score (nSPS) is 12.2. The number of halogens is 1. The molecule has 3 aromatic carbocycles. The summed E-state index contributed by atoms with van der Waals surface area (Å²) in [6.07, 6.45) is 0. The molecule has 0 N–H and O–H groups in total. The van der Waals surface area contributed by atoms with Gasteiger partial charge in [0.15, 0.2) is 5.85 Å². The Morgan fingerprint density at radius 1 is 0.625 bits per heavy atom. The van der Waals surface area contributed by atoms with Crippen LogP contribution in [0.15, 0.2) is 91.0 Å². The molecule has 0 aliphatic rings. The molecule has 3 rings (SSSR count). The van der Waals surface area contributed by atoms with Crippen LogP contribution in [-0.4, -0.2) is 13.0 Å². The van der Waals surface area contributed by atoms with E-state index in [0.29, 0.717) is 0 Å². The molecule has 0 amide bonds. The van der Waals surface area contributed by atoms with Crippen LogP contribution in [0.5, 0.6) is 0 Å². The zero-order valence-corrected chi connectivity index (χ0v) is 16.5. The molecule has 0 heterocycles. The number of ether oxygens (including phenoxy) is 1. The Morgan fingerprint density at radius 3 is 1.17 bits per heavy atom. The minimum atomic E-state index is -1.87. The lowest BCUT2D eigenvalue weighted by molar-refractivity contribution is -0.00000506. The highest BCUT2D eigenvalue weighted by atomic mass is 79.9. The zero-order chi connectivity index (χ0) is 16.1. The summed E-state index contributed by atoms with van der Waals surface area (Å²) in [5, 5.41) is 4.06. The van der Waals surface area contributed by atoms with Crippen molar-refractivity contribution in [3.05, 3.63) is 91.0 Å². The van der Waals surface area contributed by atoms with Gasteiger partial charge in [0.1, 0.15) is 23.2 Å². The largest absolute Gasteiger partial charge is 1.00 e. The summed E-state index contributed by atoms with van der Waals surface area (Å²) in [5.74, 6) is 0.106. The van der Waals surface area contributed by atoms with E-state index in [1.807, 2.05) is 7.11 Å². The molecular weight excluding hydrogens is 379 g/mol. The van der Waals surface area contributed by atoms with Crippen LogP contribution in [0.2, 0.25) is 0 Å². The average Bonchev–Trinajstić information content (AvgIpc) is 2.65. The molecule has 0 saturated carbocycles. The quantitative estimate of drug-likeness (QED) is 0.580. The molecule has 0 spiro atoms. The predicted molar refractivity (Wildman–Crippen MR) is 102 cm³/mol. The van der Waals surface area contributed by atoms with Gasteiger partial charge in [0.25, 0.3) is 0 Å². The molecule has 124 valence electrons. The van der Waals surface area contributed by atoms with Gasteiger partial charge in [-0.25, -0.2) is 0 Å². The first-order valence-corrected chi connectivity index (χ1v) is 9.74. The Bertz CT molecular complexity index is 635.